The van der Waals surface area contributed by atoms with Gasteiger partial charge in [-0.2, -0.15) is 0 Å². The maximum Gasteiger partial charge on any atom is 0.0451 e. The molecule has 1 rings (SSSR count). The van der Waals surface area contributed by atoms with Gasteiger partial charge in [0.25, 0.3) is 0 Å². The Morgan fingerprint density at radius 3 is 2.46 bits per heavy atom. The lowest BCUT2D eigenvalue weighted by molar-refractivity contribution is 0.509. The van der Waals surface area contributed by atoms with Gasteiger partial charge < -0.3 is 4.57 Å². The van der Waals surface area contributed by atoms with Gasteiger partial charge in [0.05, 0.1) is 0 Å². The Kier molecular flexibility index (Phi) is 2.83. The highest BCUT2D eigenvalue weighted by molar-refractivity contribution is 5.39. The lowest BCUT2D eigenvalue weighted by Gasteiger charge is -2.11. The summed E-state index contributed by atoms with van der Waals surface area (Å²) in [6.07, 6.45) is 5.40. The van der Waals surface area contributed by atoms with Gasteiger partial charge in [-0.1, -0.05) is 19.8 Å². The number of hydrogen-bond donors (Lipinski definition) is 0. The molecule has 0 aliphatic rings. The first-order valence-corrected chi connectivity index (χ1v) is 4.69. The van der Waals surface area contributed by atoms with Crippen LogP contribution < -0.4 is 0 Å². The molecular weight excluding hydrogens is 158 g/mol. The lowest BCUT2D eigenvalue weighted by Crippen LogP contribution is -2.07. The Morgan fingerprint density at radius 2 is 2.08 bits per heavy atom. The summed E-state index contributed by atoms with van der Waals surface area (Å²) in [5.41, 5.74) is 3.51. The van der Waals surface area contributed by atoms with Crippen molar-refractivity contribution in [3.8, 4) is 12.3 Å². The number of nitrogens with zero attached hydrogens (tertiary/aromatic N) is 1. The van der Waals surface area contributed by atoms with E-state index >= 15 is 0 Å². The Bertz CT molecular complexity index is 337. The fourth-order valence-corrected chi connectivity index (χ4v) is 1.59. The second-order valence-corrected chi connectivity index (χ2v) is 3.93. The number of rotatable bonds is 2. The first-order valence-electron chi connectivity index (χ1n) is 4.69. The van der Waals surface area contributed by atoms with Crippen LogP contribution in [0.4, 0.5) is 0 Å². The molecule has 0 amide bonds. The molecule has 0 fully saturated rings. The lowest BCUT2D eigenvalue weighted by atomic mass is 10.2. The van der Waals surface area contributed by atoms with Crippen LogP contribution in [0, 0.1) is 32.1 Å². The fourth-order valence-electron chi connectivity index (χ4n) is 1.59. The van der Waals surface area contributed by atoms with Crippen LogP contribution in [0.25, 0.3) is 0 Å². The molecule has 1 nitrogen and oxygen atoms in total. The molecule has 1 aromatic rings. The average Bonchev–Trinajstić information content (AvgIpc) is 2.31. The summed E-state index contributed by atoms with van der Waals surface area (Å²) in [4.78, 5) is 0. The number of aryl methyl sites for hydroxylation is 1. The molecular formula is C12H17N. The monoisotopic (exact) mass is 175 g/mol. The summed E-state index contributed by atoms with van der Waals surface area (Å²) in [5.74, 6) is 3.37. The molecule has 0 saturated heterocycles. The minimum Gasteiger partial charge on any atom is -0.348 e. The maximum absolute atomic E-state index is 5.40. The van der Waals surface area contributed by atoms with Crippen LogP contribution >= 0.6 is 0 Å². The van der Waals surface area contributed by atoms with Crippen molar-refractivity contribution >= 4 is 0 Å². The molecule has 0 spiro atoms. The summed E-state index contributed by atoms with van der Waals surface area (Å²) < 4.78 is 2.29. The van der Waals surface area contributed by atoms with Crippen molar-refractivity contribution in [3.05, 3.63) is 23.0 Å². The summed E-state index contributed by atoms with van der Waals surface area (Å²) in [6, 6.07) is 2.08. The molecule has 70 valence electrons. The van der Waals surface area contributed by atoms with E-state index in [4.69, 9.17) is 6.42 Å². The average molecular weight is 175 g/mol. The van der Waals surface area contributed by atoms with Crippen LogP contribution in [0.5, 0.6) is 0 Å². The Balaban J connectivity index is 3.07. The van der Waals surface area contributed by atoms with Crippen molar-refractivity contribution in [1.29, 1.82) is 0 Å². The highest BCUT2D eigenvalue weighted by Crippen LogP contribution is 2.15. The van der Waals surface area contributed by atoms with Gasteiger partial charge in [-0.05, 0) is 25.8 Å². The van der Waals surface area contributed by atoms with Crippen molar-refractivity contribution in [2.75, 3.05) is 0 Å². The second-order valence-electron chi connectivity index (χ2n) is 3.93. The van der Waals surface area contributed by atoms with Crippen LogP contribution in [0.15, 0.2) is 6.07 Å². The quantitative estimate of drug-likeness (QED) is 0.609. The predicted octanol–water partition coefficient (Wildman–Crippen LogP) is 2.74. The normalized spacial score (nSPS) is 10.5. The van der Waals surface area contributed by atoms with Gasteiger partial charge in [-0.3, -0.25) is 0 Å². The largest absolute Gasteiger partial charge is 0.348 e. The van der Waals surface area contributed by atoms with E-state index in [2.05, 4.69) is 44.2 Å². The van der Waals surface area contributed by atoms with Crippen LogP contribution in [-0.2, 0) is 6.54 Å². The van der Waals surface area contributed by atoms with E-state index in [0.717, 1.165) is 12.1 Å². The SMILES string of the molecule is C#Cc1cc(C)n(CC(C)C)c1C. The first-order chi connectivity index (χ1) is 6.06. The van der Waals surface area contributed by atoms with E-state index in [1.165, 1.54) is 11.4 Å². The molecule has 0 saturated carbocycles. The highest BCUT2D eigenvalue weighted by Gasteiger charge is 2.07. The van der Waals surface area contributed by atoms with Gasteiger partial charge in [0, 0.05) is 23.5 Å². The van der Waals surface area contributed by atoms with Crippen LogP contribution in [0.2, 0.25) is 0 Å². The summed E-state index contributed by atoms with van der Waals surface area (Å²) in [6.45, 7) is 9.68. The zero-order chi connectivity index (χ0) is 10.0. The molecule has 1 aromatic heterocycles. The summed E-state index contributed by atoms with van der Waals surface area (Å²) in [5, 5.41) is 0. The fraction of sp³-hybridized carbons (Fsp3) is 0.500. The molecule has 1 heteroatoms. The van der Waals surface area contributed by atoms with Gasteiger partial charge in [-0.15, -0.1) is 6.42 Å². The van der Waals surface area contributed by atoms with Gasteiger partial charge >= 0.3 is 0 Å². The first kappa shape index (κ1) is 9.92. The molecule has 0 aromatic carbocycles. The third kappa shape index (κ3) is 1.95. The zero-order valence-corrected chi connectivity index (χ0v) is 8.89. The standard InChI is InChI=1S/C12H17N/c1-6-12-7-10(4)13(11(12)5)8-9(2)3/h1,7,9H,8H2,2-5H3. The molecule has 1 heterocycles. The summed E-state index contributed by atoms with van der Waals surface area (Å²) >= 11 is 0. The molecule has 0 atom stereocenters. The third-order valence-corrected chi connectivity index (χ3v) is 2.28. The molecule has 0 aliphatic heterocycles. The Hall–Kier alpha value is -1.16. The van der Waals surface area contributed by atoms with Crippen LogP contribution in [0.1, 0.15) is 30.8 Å². The number of hydrogen-bond acceptors (Lipinski definition) is 0. The molecule has 0 radical (unpaired) electrons. The minimum atomic E-state index is 0.662. The van der Waals surface area contributed by atoms with Crippen LogP contribution in [-0.4, -0.2) is 4.57 Å². The van der Waals surface area contributed by atoms with E-state index in [-0.39, 0.29) is 0 Å². The van der Waals surface area contributed by atoms with Gasteiger partial charge in [0.1, 0.15) is 0 Å². The van der Waals surface area contributed by atoms with Crippen molar-refractivity contribution in [2.24, 2.45) is 5.92 Å². The second kappa shape index (κ2) is 3.70. The van der Waals surface area contributed by atoms with Crippen LogP contribution in [0.3, 0.4) is 0 Å². The van der Waals surface area contributed by atoms with E-state index in [0.29, 0.717) is 5.92 Å². The van der Waals surface area contributed by atoms with Crippen molar-refractivity contribution < 1.29 is 0 Å². The van der Waals surface area contributed by atoms with E-state index in [9.17, 15) is 0 Å². The molecule has 13 heavy (non-hydrogen) atoms. The Labute approximate surface area is 80.8 Å². The van der Waals surface area contributed by atoms with Crippen molar-refractivity contribution in [3.63, 3.8) is 0 Å². The maximum atomic E-state index is 5.40. The Morgan fingerprint density at radius 1 is 1.46 bits per heavy atom. The highest BCUT2D eigenvalue weighted by atomic mass is 15.0. The van der Waals surface area contributed by atoms with Gasteiger partial charge in [-0.25, -0.2) is 0 Å². The third-order valence-electron chi connectivity index (χ3n) is 2.28. The van der Waals surface area contributed by atoms with Gasteiger partial charge in [0.15, 0.2) is 0 Å². The molecule has 0 unspecified atom stereocenters. The van der Waals surface area contributed by atoms with Gasteiger partial charge in [0.2, 0.25) is 0 Å². The molecule has 0 N–H and O–H groups in total. The summed E-state index contributed by atoms with van der Waals surface area (Å²) in [7, 11) is 0. The van der Waals surface area contributed by atoms with E-state index in [1.54, 1.807) is 0 Å². The zero-order valence-electron chi connectivity index (χ0n) is 8.89. The van der Waals surface area contributed by atoms with E-state index in [1.807, 2.05) is 0 Å². The predicted molar refractivity (Wildman–Crippen MR) is 56.7 cm³/mol. The van der Waals surface area contributed by atoms with E-state index < -0.39 is 0 Å². The number of terminal acetylenes is 1. The number of aromatic nitrogens is 1. The smallest absolute Gasteiger partial charge is 0.0451 e. The molecule has 0 bridgehead atoms. The van der Waals surface area contributed by atoms with Crippen molar-refractivity contribution in [1.82, 2.24) is 4.57 Å². The topological polar surface area (TPSA) is 4.93 Å². The molecule has 0 aliphatic carbocycles. The van der Waals surface area contributed by atoms with Crippen molar-refractivity contribution in [2.45, 2.75) is 34.2 Å². The minimum absolute atomic E-state index is 0.662.